The standard InChI is InChI=1S/C15H21NO7/c1-9(17)16-8-10(5-6-11(16)7-12(18)21-2)13(14(19)22-3)15(20)23-4/h5-6,10-11,13H,7-8H2,1-4H3/t10-,11-/m1/s1. The second-order valence-corrected chi connectivity index (χ2v) is 5.09. The molecule has 23 heavy (non-hydrogen) atoms. The maximum Gasteiger partial charge on any atom is 0.320 e. The minimum absolute atomic E-state index is 0.000412. The molecule has 0 radical (unpaired) electrons. The van der Waals surface area contributed by atoms with Crippen LogP contribution in [0.25, 0.3) is 0 Å². The molecule has 1 heterocycles. The van der Waals surface area contributed by atoms with Gasteiger partial charge in [-0.2, -0.15) is 0 Å². The van der Waals surface area contributed by atoms with Gasteiger partial charge in [0.05, 0.1) is 33.8 Å². The molecule has 8 nitrogen and oxygen atoms in total. The molecule has 0 aromatic heterocycles. The summed E-state index contributed by atoms with van der Waals surface area (Å²) in [6.45, 7) is 1.45. The number of nitrogens with zero attached hydrogens (tertiary/aromatic N) is 1. The Morgan fingerprint density at radius 3 is 2.04 bits per heavy atom. The average Bonchev–Trinajstić information content (AvgIpc) is 2.55. The number of methoxy groups -OCH3 is 3. The summed E-state index contributed by atoms with van der Waals surface area (Å²) in [5.74, 6) is -3.96. The normalized spacial score (nSPS) is 20.1. The quantitative estimate of drug-likeness (QED) is 0.301. The lowest BCUT2D eigenvalue weighted by Gasteiger charge is -2.36. The number of esters is 3. The summed E-state index contributed by atoms with van der Waals surface area (Å²) in [6.07, 6.45) is 3.25. The van der Waals surface area contributed by atoms with E-state index in [0.717, 1.165) is 0 Å². The Bertz CT molecular complexity index is 498. The molecule has 0 aromatic rings. The van der Waals surface area contributed by atoms with Gasteiger partial charge in [0.25, 0.3) is 0 Å². The zero-order valence-corrected chi connectivity index (χ0v) is 13.6. The number of hydrogen-bond acceptors (Lipinski definition) is 7. The predicted molar refractivity (Wildman–Crippen MR) is 78.0 cm³/mol. The molecule has 1 aliphatic rings. The van der Waals surface area contributed by atoms with Crippen LogP contribution in [0, 0.1) is 11.8 Å². The van der Waals surface area contributed by atoms with Crippen molar-refractivity contribution >= 4 is 23.8 Å². The van der Waals surface area contributed by atoms with Crippen LogP contribution in [0.5, 0.6) is 0 Å². The van der Waals surface area contributed by atoms with Crippen molar-refractivity contribution in [2.75, 3.05) is 27.9 Å². The van der Waals surface area contributed by atoms with E-state index in [4.69, 9.17) is 0 Å². The van der Waals surface area contributed by atoms with Gasteiger partial charge in [0.15, 0.2) is 5.92 Å². The Labute approximate surface area is 134 Å². The van der Waals surface area contributed by atoms with Crippen LogP contribution in [-0.2, 0) is 33.4 Å². The van der Waals surface area contributed by atoms with E-state index in [0.29, 0.717) is 0 Å². The highest BCUT2D eigenvalue weighted by Gasteiger charge is 2.40. The van der Waals surface area contributed by atoms with Gasteiger partial charge in [-0.05, 0) is 0 Å². The van der Waals surface area contributed by atoms with Crippen LogP contribution in [0.1, 0.15) is 13.3 Å². The lowest BCUT2D eigenvalue weighted by Crippen LogP contribution is -2.48. The molecule has 1 aliphatic heterocycles. The van der Waals surface area contributed by atoms with Crippen LogP contribution in [0.2, 0.25) is 0 Å². The first kappa shape index (κ1) is 18.7. The fourth-order valence-electron chi connectivity index (χ4n) is 2.51. The van der Waals surface area contributed by atoms with Gasteiger partial charge in [-0.3, -0.25) is 19.2 Å². The molecule has 128 valence electrons. The lowest BCUT2D eigenvalue weighted by atomic mass is 9.87. The highest BCUT2D eigenvalue weighted by atomic mass is 16.5. The maximum atomic E-state index is 11.9. The minimum atomic E-state index is -1.16. The van der Waals surface area contributed by atoms with Gasteiger partial charge >= 0.3 is 17.9 Å². The third-order valence-corrected chi connectivity index (χ3v) is 3.73. The van der Waals surface area contributed by atoms with Gasteiger partial charge in [0, 0.05) is 19.4 Å². The SMILES string of the molecule is COC(=O)C[C@H]1C=C[C@@H](C(C(=O)OC)C(=O)OC)CN1C(C)=O. The van der Waals surface area contributed by atoms with Crippen molar-refractivity contribution in [1.82, 2.24) is 4.90 Å². The molecule has 8 heteroatoms. The molecule has 0 bridgehead atoms. The molecule has 0 saturated heterocycles. The summed E-state index contributed by atoms with van der Waals surface area (Å²) in [4.78, 5) is 48.4. The van der Waals surface area contributed by atoms with E-state index in [2.05, 4.69) is 14.2 Å². The first-order valence-electron chi connectivity index (χ1n) is 7.03. The van der Waals surface area contributed by atoms with Gasteiger partial charge in [-0.15, -0.1) is 0 Å². The van der Waals surface area contributed by atoms with Gasteiger partial charge in [-0.25, -0.2) is 0 Å². The van der Waals surface area contributed by atoms with E-state index >= 15 is 0 Å². The smallest absolute Gasteiger partial charge is 0.320 e. The molecular formula is C15H21NO7. The van der Waals surface area contributed by atoms with E-state index in [1.165, 1.54) is 33.2 Å². The summed E-state index contributed by atoms with van der Waals surface area (Å²) in [5.41, 5.74) is 0. The van der Waals surface area contributed by atoms with Crippen LogP contribution >= 0.6 is 0 Å². The summed E-state index contributed by atoms with van der Waals surface area (Å²) in [5, 5.41) is 0. The van der Waals surface area contributed by atoms with Crippen molar-refractivity contribution in [2.45, 2.75) is 19.4 Å². The van der Waals surface area contributed by atoms with Gasteiger partial charge in [-0.1, -0.05) is 12.2 Å². The molecule has 2 atom stereocenters. The summed E-state index contributed by atoms with van der Waals surface area (Å²) in [6, 6.07) is -0.479. The number of carbonyl (C=O) groups excluding carboxylic acids is 4. The molecule has 0 aliphatic carbocycles. The molecule has 0 fully saturated rings. The monoisotopic (exact) mass is 327 g/mol. The van der Waals surface area contributed by atoms with Crippen LogP contribution in [0.15, 0.2) is 12.2 Å². The second-order valence-electron chi connectivity index (χ2n) is 5.09. The Hall–Kier alpha value is -2.38. The molecule has 0 aromatic carbocycles. The number of rotatable bonds is 5. The summed E-state index contributed by atoms with van der Waals surface area (Å²) in [7, 11) is 3.61. The maximum absolute atomic E-state index is 11.9. The molecule has 0 unspecified atom stereocenters. The topological polar surface area (TPSA) is 99.2 Å². The highest BCUT2D eigenvalue weighted by molar-refractivity contribution is 5.95. The fraction of sp³-hybridized carbons (Fsp3) is 0.600. The van der Waals surface area contributed by atoms with Gasteiger partial charge < -0.3 is 19.1 Å². The minimum Gasteiger partial charge on any atom is -0.469 e. The van der Waals surface area contributed by atoms with Gasteiger partial charge in [0.2, 0.25) is 5.91 Å². The third kappa shape index (κ3) is 4.54. The van der Waals surface area contributed by atoms with E-state index in [-0.39, 0.29) is 18.9 Å². The van der Waals surface area contributed by atoms with E-state index in [9.17, 15) is 19.2 Å². The Balaban J connectivity index is 3.04. The molecule has 0 saturated carbocycles. The van der Waals surface area contributed by atoms with Crippen LogP contribution in [0.4, 0.5) is 0 Å². The summed E-state index contributed by atoms with van der Waals surface area (Å²) < 4.78 is 13.9. The lowest BCUT2D eigenvalue weighted by molar-refractivity contribution is -0.162. The van der Waals surface area contributed by atoms with Crippen LogP contribution < -0.4 is 0 Å². The first-order chi connectivity index (χ1) is 10.8. The Morgan fingerprint density at radius 2 is 1.61 bits per heavy atom. The van der Waals surface area contributed by atoms with E-state index < -0.39 is 35.8 Å². The second kappa shape index (κ2) is 8.30. The zero-order chi connectivity index (χ0) is 17.6. The fourth-order valence-corrected chi connectivity index (χ4v) is 2.51. The van der Waals surface area contributed by atoms with Crippen LogP contribution in [-0.4, -0.2) is 62.6 Å². The molecular weight excluding hydrogens is 306 g/mol. The van der Waals surface area contributed by atoms with Crippen molar-refractivity contribution in [3.8, 4) is 0 Å². The molecule has 1 amide bonds. The van der Waals surface area contributed by atoms with Crippen molar-refractivity contribution in [1.29, 1.82) is 0 Å². The Kier molecular flexibility index (Phi) is 6.74. The average molecular weight is 327 g/mol. The molecule has 0 N–H and O–H groups in total. The van der Waals surface area contributed by atoms with Crippen molar-refractivity contribution < 1.29 is 33.4 Å². The Morgan fingerprint density at radius 1 is 1.04 bits per heavy atom. The van der Waals surface area contributed by atoms with Gasteiger partial charge in [0.1, 0.15) is 0 Å². The van der Waals surface area contributed by atoms with Crippen molar-refractivity contribution in [3.63, 3.8) is 0 Å². The highest BCUT2D eigenvalue weighted by Crippen LogP contribution is 2.26. The number of amides is 1. The number of carbonyl (C=O) groups is 4. The first-order valence-corrected chi connectivity index (χ1v) is 7.03. The third-order valence-electron chi connectivity index (χ3n) is 3.73. The zero-order valence-electron chi connectivity index (χ0n) is 13.6. The summed E-state index contributed by atoms with van der Waals surface area (Å²) >= 11 is 0. The molecule has 0 spiro atoms. The predicted octanol–water partition coefficient (Wildman–Crippen LogP) is -0.0852. The van der Waals surface area contributed by atoms with Crippen molar-refractivity contribution in [2.24, 2.45) is 11.8 Å². The van der Waals surface area contributed by atoms with E-state index in [1.807, 2.05) is 0 Å². The van der Waals surface area contributed by atoms with Crippen molar-refractivity contribution in [3.05, 3.63) is 12.2 Å². The largest absolute Gasteiger partial charge is 0.469 e. The van der Waals surface area contributed by atoms with E-state index in [1.54, 1.807) is 12.2 Å². The number of ether oxygens (including phenoxy) is 3. The molecule has 1 rings (SSSR count). The number of hydrogen-bond donors (Lipinski definition) is 0. The van der Waals surface area contributed by atoms with Crippen LogP contribution in [0.3, 0.4) is 0 Å².